The predicted octanol–water partition coefficient (Wildman–Crippen LogP) is 4.20. The van der Waals surface area contributed by atoms with Crippen LogP contribution in [0.25, 0.3) is 11.1 Å². The third-order valence-electron chi connectivity index (χ3n) is 4.95. The molecule has 0 aliphatic carbocycles. The lowest BCUT2D eigenvalue weighted by Gasteiger charge is -2.15. The SMILES string of the molecule is CCC1NC(=O)N(c2cccc(NCc3cccc(-c4cccnc4)c3)c2)C1=O. The van der Waals surface area contributed by atoms with Crippen molar-refractivity contribution >= 4 is 23.3 Å². The van der Waals surface area contributed by atoms with E-state index < -0.39 is 6.04 Å². The molecule has 1 aromatic heterocycles. The topological polar surface area (TPSA) is 74.3 Å². The standard InChI is InChI=1S/C23H22N4O2/c1-2-21-22(28)27(23(29)26-21)20-10-4-9-19(13-20)25-14-16-6-3-7-17(12-16)18-8-5-11-24-15-18/h3-13,15,21,25H,2,14H2,1H3,(H,26,29). The minimum atomic E-state index is -0.450. The number of rotatable bonds is 6. The van der Waals surface area contributed by atoms with Crippen LogP contribution in [0.1, 0.15) is 18.9 Å². The van der Waals surface area contributed by atoms with Gasteiger partial charge in [-0.3, -0.25) is 9.78 Å². The molecule has 1 aliphatic rings. The molecule has 146 valence electrons. The number of imide groups is 1. The molecule has 1 aliphatic heterocycles. The molecule has 1 atom stereocenters. The van der Waals surface area contributed by atoms with Gasteiger partial charge in [0.25, 0.3) is 5.91 Å². The highest BCUT2D eigenvalue weighted by atomic mass is 16.2. The number of carbonyl (C=O) groups is 2. The van der Waals surface area contributed by atoms with E-state index in [1.807, 2.05) is 49.5 Å². The molecule has 2 heterocycles. The van der Waals surface area contributed by atoms with Gasteiger partial charge in [-0.25, -0.2) is 9.69 Å². The Labute approximate surface area is 169 Å². The van der Waals surface area contributed by atoms with E-state index in [-0.39, 0.29) is 11.9 Å². The molecule has 0 bridgehead atoms. The molecule has 1 unspecified atom stereocenters. The van der Waals surface area contributed by atoms with Crippen LogP contribution in [0.5, 0.6) is 0 Å². The molecule has 4 rings (SSSR count). The fourth-order valence-corrected chi connectivity index (χ4v) is 3.41. The number of urea groups is 1. The van der Waals surface area contributed by atoms with Crippen LogP contribution in [0.4, 0.5) is 16.2 Å². The fourth-order valence-electron chi connectivity index (χ4n) is 3.41. The molecule has 0 spiro atoms. The molecule has 2 aromatic carbocycles. The van der Waals surface area contributed by atoms with Crippen molar-refractivity contribution in [3.05, 3.63) is 78.6 Å². The number of hydrogen-bond donors (Lipinski definition) is 2. The van der Waals surface area contributed by atoms with E-state index in [9.17, 15) is 9.59 Å². The van der Waals surface area contributed by atoms with Crippen LogP contribution < -0.4 is 15.5 Å². The molecule has 0 radical (unpaired) electrons. The average Bonchev–Trinajstić information content (AvgIpc) is 3.06. The lowest BCUT2D eigenvalue weighted by Crippen LogP contribution is -2.31. The Morgan fingerprint density at radius 2 is 1.86 bits per heavy atom. The average molecular weight is 386 g/mol. The van der Waals surface area contributed by atoms with E-state index in [4.69, 9.17) is 0 Å². The zero-order valence-electron chi connectivity index (χ0n) is 16.1. The summed E-state index contributed by atoms with van der Waals surface area (Å²) < 4.78 is 0. The molecule has 2 N–H and O–H groups in total. The molecule has 3 aromatic rings. The van der Waals surface area contributed by atoms with Crippen molar-refractivity contribution in [2.75, 3.05) is 10.2 Å². The highest BCUT2D eigenvalue weighted by Crippen LogP contribution is 2.25. The number of nitrogens with zero attached hydrogens (tertiary/aromatic N) is 2. The highest BCUT2D eigenvalue weighted by Gasteiger charge is 2.37. The summed E-state index contributed by atoms with van der Waals surface area (Å²) in [6.45, 7) is 2.50. The summed E-state index contributed by atoms with van der Waals surface area (Å²) in [7, 11) is 0. The molecule has 6 heteroatoms. The number of nitrogens with one attached hydrogen (secondary N) is 2. The Bertz CT molecular complexity index is 1040. The van der Waals surface area contributed by atoms with Gasteiger partial charge in [0.05, 0.1) is 5.69 Å². The third kappa shape index (κ3) is 3.96. The van der Waals surface area contributed by atoms with Crippen LogP contribution in [-0.4, -0.2) is 23.0 Å². The van der Waals surface area contributed by atoms with Gasteiger partial charge in [-0.05, 0) is 53.4 Å². The van der Waals surface area contributed by atoms with E-state index in [0.29, 0.717) is 18.7 Å². The van der Waals surface area contributed by atoms with Crippen molar-refractivity contribution in [1.82, 2.24) is 10.3 Å². The van der Waals surface area contributed by atoms with E-state index >= 15 is 0 Å². The van der Waals surface area contributed by atoms with Crippen molar-refractivity contribution in [3.8, 4) is 11.1 Å². The first-order chi connectivity index (χ1) is 14.2. The van der Waals surface area contributed by atoms with Crippen LogP contribution in [0.15, 0.2) is 73.1 Å². The number of pyridine rings is 1. The molecule has 29 heavy (non-hydrogen) atoms. The largest absolute Gasteiger partial charge is 0.381 e. The minimum Gasteiger partial charge on any atom is -0.381 e. The van der Waals surface area contributed by atoms with Gasteiger partial charge in [0, 0.05) is 24.6 Å². The highest BCUT2D eigenvalue weighted by molar-refractivity contribution is 6.21. The zero-order chi connectivity index (χ0) is 20.2. The molecule has 0 saturated carbocycles. The maximum atomic E-state index is 12.4. The normalized spacial score (nSPS) is 16.0. The quantitative estimate of drug-likeness (QED) is 0.623. The number of anilines is 2. The molecule has 6 nitrogen and oxygen atoms in total. The minimum absolute atomic E-state index is 0.209. The maximum Gasteiger partial charge on any atom is 0.329 e. The Morgan fingerprint density at radius 3 is 2.62 bits per heavy atom. The van der Waals surface area contributed by atoms with E-state index in [0.717, 1.165) is 22.4 Å². The second-order valence-corrected chi connectivity index (χ2v) is 6.93. The second kappa shape index (κ2) is 8.14. The van der Waals surface area contributed by atoms with Gasteiger partial charge in [-0.15, -0.1) is 0 Å². The van der Waals surface area contributed by atoms with Gasteiger partial charge in [0.1, 0.15) is 6.04 Å². The number of benzene rings is 2. The maximum absolute atomic E-state index is 12.4. The van der Waals surface area contributed by atoms with Crippen LogP contribution >= 0.6 is 0 Å². The molecular formula is C23H22N4O2. The molecular weight excluding hydrogens is 364 g/mol. The summed E-state index contributed by atoms with van der Waals surface area (Å²) in [5.41, 5.74) is 4.71. The molecule has 1 saturated heterocycles. The summed E-state index contributed by atoms with van der Waals surface area (Å²) in [6.07, 6.45) is 4.18. The van der Waals surface area contributed by atoms with Gasteiger partial charge < -0.3 is 10.6 Å². The molecule has 1 fully saturated rings. The fraction of sp³-hybridized carbons (Fsp3) is 0.174. The Kier molecular flexibility index (Phi) is 5.24. The summed E-state index contributed by atoms with van der Waals surface area (Å²) in [6, 6.07) is 18.7. The third-order valence-corrected chi connectivity index (χ3v) is 4.95. The number of amides is 3. The summed E-state index contributed by atoms with van der Waals surface area (Å²) >= 11 is 0. The molecule has 3 amide bonds. The second-order valence-electron chi connectivity index (χ2n) is 6.93. The van der Waals surface area contributed by atoms with Crippen molar-refractivity contribution in [2.24, 2.45) is 0 Å². The van der Waals surface area contributed by atoms with Gasteiger partial charge in [-0.1, -0.05) is 37.3 Å². The Morgan fingerprint density at radius 1 is 1.03 bits per heavy atom. The Balaban J connectivity index is 1.48. The van der Waals surface area contributed by atoms with Crippen LogP contribution in [0.2, 0.25) is 0 Å². The predicted molar refractivity (Wildman–Crippen MR) is 114 cm³/mol. The Hall–Kier alpha value is -3.67. The van der Waals surface area contributed by atoms with E-state index in [1.165, 1.54) is 4.90 Å². The van der Waals surface area contributed by atoms with Gasteiger partial charge in [-0.2, -0.15) is 0 Å². The first-order valence-corrected chi connectivity index (χ1v) is 9.63. The van der Waals surface area contributed by atoms with E-state index in [1.54, 1.807) is 12.3 Å². The van der Waals surface area contributed by atoms with E-state index in [2.05, 4.69) is 33.8 Å². The number of hydrogen-bond acceptors (Lipinski definition) is 4. The van der Waals surface area contributed by atoms with Crippen LogP contribution in [-0.2, 0) is 11.3 Å². The van der Waals surface area contributed by atoms with Gasteiger partial charge in [0.2, 0.25) is 0 Å². The van der Waals surface area contributed by atoms with Crippen molar-refractivity contribution in [1.29, 1.82) is 0 Å². The van der Waals surface area contributed by atoms with Crippen LogP contribution in [0.3, 0.4) is 0 Å². The van der Waals surface area contributed by atoms with Crippen LogP contribution in [0, 0.1) is 0 Å². The summed E-state index contributed by atoms with van der Waals surface area (Å²) in [5.74, 6) is -0.209. The smallest absolute Gasteiger partial charge is 0.329 e. The lowest BCUT2D eigenvalue weighted by atomic mass is 10.0. The van der Waals surface area contributed by atoms with Gasteiger partial charge in [0.15, 0.2) is 0 Å². The number of carbonyl (C=O) groups excluding carboxylic acids is 2. The number of aromatic nitrogens is 1. The lowest BCUT2D eigenvalue weighted by molar-refractivity contribution is -0.118. The van der Waals surface area contributed by atoms with Crippen molar-refractivity contribution < 1.29 is 9.59 Å². The van der Waals surface area contributed by atoms with Crippen molar-refractivity contribution in [3.63, 3.8) is 0 Å². The van der Waals surface area contributed by atoms with Gasteiger partial charge >= 0.3 is 6.03 Å². The first kappa shape index (κ1) is 18.7. The first-order valence-electron chi connectivity index (χ1n) is 9.63. The summed E-state index contributed by atoms with van der Waals surface area (Å²) in [4.78, 5) is 30.0. The monoisotopic (exact) mass is 386 g/mol. The zero-order valence-corrected chi connectivity index (χ0v) is 16.1. The van der Waals surface area contributed by atoms with Crippen molar-refractivity contribution in [2.45, 2.75) is 25.9 Å². The summed E-state index contributed by atoms with van der Waals surface area (Å²) in [5, 5.41) is 6.09.